The van der Waals surface area contributed by atoms with Crippen molar-refractivity contribution in [3.8, 4) is 0 Å². The van der Waals surface area contributed by atoms with Crippen LogP contribution in [0.2, 0.25) is 0 Å². The number of carboxylic acids is 1. The van der Waals surface area contributed by atoms with E-state index in [0.717, 1.165) is 29.6 Å². The lowest BCUT2D eigenvalue weighted by Crippen LogP contribution is -2.34. The molecule has 0 atom stereocenters. The molecular weight excluding hydrogens is 234 g/mol. The molecular formula is C13H16NO2S+. The maximum absolute atomic E-state index is 10.9. The van der Waals surface area contributed by atoms with Crippen molar-refractivity contribution in [1.29, 1.82) is 0 Å². The Hall–Kier alpha value is -1.42. The fourth-order valence-electron chi connectivity index (χ4n) is 1.93. The molecule has 1 N–H and O–H groups in total. The summed E-state index contributed by atoms with van der Waals surface area (Å²) in [6.07, 6.45) is 2.31. The van der Waals surface area contributed by atoms with Gasteiger partial charge in [0.15, 0.2) is 0 Å². The lowest BCUT2D eigenvalue weighted by Gasteiger charge is -1.95. The van der Waals surface area contributed by atoms with Crippen LogP contribution in [0.25, 0.3) is 10.2 Å². The minimum absolute atomic E-state index is 0.362. The van der Waals surface area contributed by atoms with Crippen LogP contribution in [0.1, 0.15) is 35.1 Å². The van der Waals surface area contributed by atoms with Crippen molar-refractivity contribution in [2.45, 2.75) is 33.2 Å². The van der Waals surface area contributed by atoms with E-state index in [1.165, 1.54) is 5.01 Å². The quantitative estimate of drug-likeness (QED) is 0.847. The number of fused-ring (bicyclic) bond motifs is 1. The molecule has 17 heavy (non-hydrogen) atoms. The molecule has 4 heteroatoms. The Morgan fingerprint density at radius 2 is 2.24 bits per heavy atom. The number of rotatable bonds is 4. The summed E-state index contributed by atoms with van der Waals surface area (Å²) in [5, 5.41) is 10.2. The average molecular weight is 250 g/mol. The fraction of sp³-hybridized carbons (Fsp3) is 0.385. The Labute approximate surface area is 104 Å². The van der Waals surface area contributed by atoms with Gasteiger partial charge in [-0.2, -0.15) is 4.57 Å². The highest BCUT2D eigenvalue weighted by Crippen LogP contribution is 2.21. The molecule has 0 amide bonds. The van der Waals surface area contributed by atoms with E-state index >= 15 is 0 Å². The molecule has 0 unspecified atom stereocenters. The minimum atomic E-state index is -0.863. The van der Waals surface area contributed by atoms with E-state index < -0.39 is 5.97 Å². The predicted molar refractivity (Wildman–Crippen MR) is 68.6 cm³/mol. The molecule has 0 aliphatic rings. The summed E-state index contributed by atoms with van der Waals surface area (Å²) < 4.78 is 3.33. The summed E-state index contributed by atoms with van der Waals surface area (Å²) in [5.74, 6) is -0.863. The summed E-state index contributed by atoms with van der Waals surface area (Å²) in [5.41, 5.74) is 1.51. The minimum Gasteiger partial charge on any atom is -0.478 e. The first-order chi connectivity index (χ1) is 8.13. The van der Waals surface area contributed by atoms with Gasteiger partial charge >= 0.3 is 5.97 Å². The van der Waals surface area contributed by atoms with E-state index in [0.29, 0.717) is 5.56 Å². The van der Waals surface area contributed by atoms with Crippen LogP contribution >= 0.6 is 11.3 Å². The van der Waals surface area contributed by atoms with Crippen molar-refractivity contribution >= 4 is 27.5 Å². The van der Waals surface area contributed by atoms with Crippen molar-refractivity contribution in [1.82, 2.24) is 0 Å². The van der Waals surface area contributed by atoms with Crippen LogP contribution < -0.4 is 4.57 Å². The zero-order valence-electron chi connectivity index (χ0n) is 10.1. The Kier molecular flexibility index (Phi) is 3.43. The molecule has 0 fully saturated rings. The van der Waals surface area contributed by atoms with Crippen molar-refractivity contribution < 1.29 is 14.5 Å². The number of carbonyl (C=O) groups is 1. The monoisotopic (exact) mass is 250 g/mol. The SMILES string of the molecule is CCCC[n+]1c(C)sc2cc(C(=O)O)ccc21. The molecule has 1 heterocycles. The lowest BCUT2D eigenvalue weighted by atomic mass is 10.2. The Morgan fingerprint density at radius 3 is 2.88 bits per heavy atom. The molecule has 2 rings (SSSR count). The van der Waals surface area contributed by atoms with E-state index in [9.17, 15) is 4.79 Å². The summed E-state index contributed by atoms with van der Waals surface area (Å²) >= 11 is 1.66. The van der Waals surface area contributed by atoms with Crippen LogP contribution in [-0.2, 0) is 6.54 Å². The van der Waals surface area contributed by atoms with Gasteiger partial charge in [-0.15, -0.1) is 0 Å². The van der Waals surface area contributed by atoms with Crippen LogP contribution in [0.15, 0.2) is 18.2 Å². The van der Waals surface area contributed by atoms with Crippen molar-refractivity contribution in [3.63, 3.8) is 0 Å². The second kappa shape index (κ2) is 4.84. The number of nitrogens with zero attached hydrogens (tertiary/aromatic N) is 1. The van der Waals surface area contributed by atoms with Gasteiger partial charge < -0.3 is 5.11 Å². The molecule has 1 aromatic carbocycles. The number of aromatic nitrogens is 1. The van der Waals surface area contributed by atoms with Gasteiger partial charge in [0.25, 0.3) is 0 Å². The van der Waals surface area contributed by atoms with Crippen LogP contribution in [0.5, 0.6) is 0 Å². The molecule has 0 aliphatic heterocycles. The molecule has 0 saturated heterocycles. The molecule has 0 spiro atoms. The molecule has 0 saturated carbocycles. The first-order valence-corrected chi connectivity index (χ1v) is 6.61. The maximum Gasteiger partial charge on any atom is 0.335 e. The first-order valence-electron chi connectivity index (χ1n) is 5.79. The largest absolute Gasteiger partial charge is 0.478 e. The second-order valence-corrected chi connectivity index (χ2v) is 5.35. The van der Waals surface area contributed by atoms with Gasteiger partial charge in [-0.3, -0.25) is 0 Å². The number of benzene rings is 1. The first kappa shape index (κ1) is 12.0. The maximum atomic E-state index is 10.9. The van der Waals surface area contributed by atoms with Gasteiger partial charge in [-0.25, -0.2) is 4.79 Å². The Balaban J connectivity index is 2.48. The molecule has 90 valence electrons. The lowest BCUT2D eigenvalue weighted by molar-refractivity contribution is -0.673. The van der Waals surface area contributed by atoms with Crippen molar-refractivity contribution in [2.75, 3.05) is 0 Å². The fourth-order valence-corrected chi connectivity index (χ4v) is 3.02. The highest BCUT2D eigenvalue weighted by atomic mass is 32.1. The number of aryl methyl sites for hydroxylation is 2. The zero-order chi connectivity index (χ0) is 12.4. The van der Waals surface area contributed by atoms with Gasteiger partial charge in [0.1, 0.15) is 11.2 Å². The van der Waals surface area contributed by atoms with E-state index in [2.05, 4.69) is 18.4 Å². The third-order valence-corrected chi connectivity index (χ3v) is 3.93. The standard InChI is InChI=1S/C13H15NO2S/c1-3-4-7-14-9(2)17-12-8-10(13(15)16)5-6-11(12)14/h5-6,8H,3-4,7H2,1-2H3/p+1. The smallest absolute Gasteiger partial charge is 0.335 e. The highest BCUT2D eigenvalue weighted by molar-refractivity contribution is 7.18. The van der Waals surface area contributed by atoms with E-state index in [-0.39, 0.29) is 0 Å². The molecule has 1 aromatic heterocycles. The van der Waals surface area contributed by atoms with Crippen LogP contribution in [0.4, 0.5) is 0 Å². The summed E-state index contributed by atoms with van der Waals surface area (Å²) in [4.78, 5) is 10.9. The predicted octanol–water partition coefficient (Wildman–Crippen LogP) is 3.00. The van der Waals surface area contributed by atoms with Crippen LogP contribution in [-0.4, -0.2) is 11.1 Å². The normalized spacial score (nSPS) is 10.9. The second-order valence-electron chi connectivity index (χ2n) is 4.11. The van der Waals surface area contributed by atoms with Crippen molar-refractivity contribution in [3.05, 3.63) is 28.8 Å². The summed E-state index contributed by atoms with van der Waals surface area (Å²) in [7, 11) is 0. The average Bonchev–Trinajstić information content (AvgIpc) is 2.61. The van der Waals surface area contributed by atoms with Gasteiger partial charge in [-0.05, 0) is 12.1 Å². The molecule has 0 radical (unpaired) electrons. The van der Waals surface area contributed by atoms with E-state index in [4.69, 9.17) is 5.11 Å². The van der Waals surface area contributed by atoms with Crippen LogP contribution in [0.3, 0.4) is 0 Å². The number of hydrogen-bond acceptors (Lipinski definition) is 2. The number of aromatic carboxylic acids is 1. The number of hydrogen-bond donors (Lipinski definition) is 1. The zero-order valence-corrected chi connectivity index (χ0v) is 10.9. The number of unbranched alkanes of at least 4 members (excludes halogenated alkanes) is 1. The van der Waals surface area contributed by atoms with Gasteiger partial charge in [-0.1, -0.05) is 24.7 Å². The number of carboxylic acid groups (broad SMARTS) is 1. The van der Waals surface area contributed by atoms with Gasteiger partial charge in [0.2, 0.25) is 10.5 Å². The molecule has 3 nitrogen and oxygen atoms in total. The molecule has 2 aromatic rings. The van der Waals surface area contributed by atoms with Crippen LogP contribution in [0, 0.1) is 6.92 Å². The third kappa shape index (κ3) is 2.31. The van der Waals surface area contributed by atoms with E-state index in [1.54, 1.807) is 23.5 Å². The highest BCUT2D eigenvalue weighted by Gasteiger charge is 2.17. The molecule has 0 bridgehead atoms. The van der Waals surface area contributed by atoms with Crippen molar-refractivity contribution in [2.24, 2.45) is 0 Å². The van der Waals surface area contributed by atoms with Gasteiger partial charge in [0, 0.05) is 19.4 Å². The molecule has 0 aliphatic carbocycles. The Bertz CT molecular complexity index is 560. The number of thiazole rings is 1. The Morgan fingerprint density at radius 1 is 1.47 bits per heavy atom. The van der Waals surface area contributed by atoms with E-state index in [1.807, 2.05) is 6.07 Å². The van der Waals surface area contributed by atoms with Gasteiger partial charge in [0.05, 0.1) is 5.56 Å². The topological polar surface area (TPSA) is 41.2 Å². The summed E-state index contributed by atoms with van der Waals surface area (Å²) in [6.45, 7) is 5.27. The summed E-state index contributed by atoms with van der Waals surface area (Å²) in [6, 6.07) is 5.36. The third-order valence-electron chi connectivity index (χ3n) is 2.87.